The molecule has 3 amide bonds. The molecule has 2 aromatic rings. The largest absolute Gasteiger partial charge is 0.481 e. The number of aromatic amines is 1. The van der Waals surface area contributed by atoms with E-state index in [1.165, 1.54) is 23.5 Å². The molecule has 0 bridgehead atoms. The molecule has 0 radical (unpaired) electrons. The number of nitrogens with one attached hydrogen (secondary N) is 4. The van der Waals surface area contributed by atoms with Gasteiger partial charge >= 0.3 is 11.9 Å². The molecule has 1 heterocycles. The van der Waals surface area contributed by atoms with Gasteiger partial charge in [-0.3, -0.25) is 19.2 Å². The lowest BCUT2D eigenvalue weighted by Crippen LogP contribution is -2.57. The quantitative estimate of drug-likeness (QED) is 0.138. The smallest absolute Gasteiger partial charge is 0.326 e. The van der Waals surface area contributed by atoms with Gasteiger partial charge < -0.3 is 36.9 Å². The summed E-state index contributed by atoms with van der Waals surface area (Å²) in [6.07, 6.45) is 5.31. The number of amides is 3. The van der Waals surface area contributed by atoms with E-state index in [-0.39, 0.29) is 19.3 Å². The Kier molecular flexibility index (Phi) is 13.1. The van der Waals surface area contributed by atoms with Gasteiger partial charge in [-0.25, -0.2) is 4.79 Å². The third-order valence-corrected chi connectivity index (χ3v) is 7.22. The standard InChI is InChI=1S/C25H35N5O7S2/c1-38-9-7-18(28-22(33)16(26)11-14-13-27-17-6-4-3-5-15(14)17)23(34)29-19(8-10-39-2)24(35)30-20(25(36)37)12-21(31)32/h3-6,13,16,18-20,27H,7-12,26H2,1-2H3,(H,28,33)(H,29,34)(H,30,35)(H,31,32)(H,36,37). The number of rotatable bonds is 17. The van der Waals surface area contributed by atoms with E-state index in [2.05, 4.69) is 20.9 Å². The molecule has 0 fully saturated rings. The van der Waals surface area contributed by atoms with Crippen molar-refractivity contribution in [2.24, 2.45) is 5.73 Å². The van der Waals surface area contributed by atoms with Gasteiger partial charge in [0.2, 0.25) is 17.7 Å². The minimum Gasteiger partial charge on any atom is -0.481 e. The maximum Gasteiger partial charge on any atom is 0.326 e. The van der Waals surface area contributed by atoms with Gasteiger partial charge in [0.1, 0.15) is 18.1 Å². The normalized spacial score (nSPS) is 14.1. The van der Waals surface area contributed by atoms with Crippen molar-refractivity contribution >= 4 is 64.1 Å². The summed E-state index contributed by atoms with van der Waals surface area (Å²) in [5.74, 6) is -3.87. The van der Waals surface area contributed by atoms with Crippen molar-refractivity contribution in [2.75, 3.05) is 24.0 Å². The molecule has 0 aliphatic heterocycles. The van der Waals surface area contributed by atoms with Crippen molar-refractivity contribution in [3.63, 3.8) is 0 Å². The molecule has 0 saturated heterocycles. The molecule has 14 heteroatoms. The monoisotopic (exact) mass is 581 g/mol. The van der Waals surface area contributed by atoms with Crippen molar-refractivity contribution in [2.45, 2.75) is 49.9 Å². The van der Waals surface area contributed by atoms with Crippen molar-refractivity contribution in [3.05, 3.63) is 36.0 Å². The number of aromatic nitrogens is 1. The second kappa shape index (κ2) is 16.0. The first-order valence-electron chi connectivity index (χ1n) is 12.2. The van der Waals surface area contributed by atoms with Gasteiger partial charge in [-0.1, -0.05) is 18.2 Å². The fourth-order valence-electron chi connectivity index (χ4n) is 3.84. The topological polar surface area (TPSA) is 204 Å². The predicted octanol–water partition coefficient (Wildman–Crippen LogP) is 0.558. The van der Waals surface area contributed by atoms with Crippen LogP contribution in [0.3, 0.4) is 0 Å². The summed E-state index contributed by atoms with van der Waals surface area (Å²) in [6, 6.07) is 2.91. The van der Waals surface area contributed by atoms with Gasteiger partial charge in [0.05, 0.1) is 12.5 Å². The molecule has 8 N–H and O–H groups in total. The number of nitrogens with two attached hydrogens (primary N) is 1. The van der Waals surface area contributed by atoms with Gasteiger partial charge in [0.25, 0.3) is 0 Å². The maximum atomic E-state index is 13.2. The van der Waals surface area contributed by atoms with E-state index < -0.39 is 60.2 Å². The first-order chi connectivity index (χ1) is 18.6. The third kappa shape index (κ3) is 10.1. The molecule has 0 aliphatic rings. The zero-order chi connectivity index (χ0) is 28.9. The molecule has 4 atom stereocenters. The Morgan fingerprint density at radius 1 is 0.872 bits per heavy atom. The van der Waals surface area contributed by atoms with E-state index in [1.54, 1.807) is 12.5 Å². The van der Waals surface area contributed by atoms with E-state index in [1.807, 2.05) is 30.5 Å². The summed E-state index contributed by atoms with van der Waals surface area (Å²) in [4.78, 5) is 64.5. The molecule has 39 heavy (non-hydrogen) atoms. The minimum absolute atomic E-state index is 0.168. The lowest BCUT2D eigenvalue weighted by Gasteiger charge is -2.25. The molecule has 2 rings (SSSR count). The van der Waals surface area contributed by atoms with Crippen molar-refractivity contribution in [1.82, 2.24) is 20.9 Å². The van der Waals surface area contributed by atoms with Crippen LogP contribution in [0.15, 0.2) is 30.5 Å². The van der Waals surface area contributed by atoms with Crippen molar-refractivity contribution in [1.29, 1.82) is 0 Å². The number of carbonyl (C=O) groups is 5. The number of benzene rings is 1. The zero-order valence-corrected chi connectivity index (χ0v) is 23.4. The number of para-hydroxylation sites is 1. The summed E-state index contributed by atoms with van der Waals surface area (Å²) in [7, 11) is 0. The minimum atomic E-state index is -1.65. The average Bonchev–Trinajstić information content (AvgIpc) is 3.30. The lowest BCUT2D eigenvalue weighted by molar-refractivity contribution is -0.147. The Morgan fingerprint density at radius 3 is 1.95 bits per heavy atom. The SMILES string of the molecule is CSCCC(NC(=O)C(N)Cc1c[nH]c2ccccc12)C(=O)NC(CCSC)C(=O)NC(CC(=O)O)C(=O)O. The Bertz CT molecular complexity index is 1160. The highest BCUT2D eigenvalue weighted by Gasteiger charge is 2.31. The number of hydrogen-bond donors (Lipinski definition) is 7. The van der Waals surface area contributed by atoms with Crippen LogP contribution in [-0.2, 0) is 30.4 Å². The molecule has 214 valence electrons. The number of carboxylic acid groups (broad SMARTS) is 2. The number of hydrogen-bond acceptors (Lipinski definition) is 8. The highest BCUT2D eigenvalue weighted by molar-refractivity contribution is 7.98. The van der Waals surface area contributed by atoms with Crippen LogP contribution >= 0.6 is 23.5 Å². The van der Waals surface area contributed by atoms with E-state index >= 15 is 0 Å². The second-order valence-electron chi connectivity index (χ2n) is 8.85. The molecule has 0 saturated carbocycles. The molecule has 0 spiro atoms. The molecule has 1 aromatic carbocycles. The summed E-state index contributed by atoms with van der Waals surface area (Å²) < 4.78 is 0. The number of thioether (sulfide) groups is 2. The van der Waals surface area contributed by atoms with Gasteiger partial charge in [-0.2, -0.15) is 23.5 Å². The first-order valence-corrected chi connectivity index (χ1v) is 15.0. The van der Waals surface area contributed by atoms with Crippen LogP contribution in [0.25, 0.3) is 10.9 Å². The number of carbonyl (C=O) groups excluding carboxylic acids is 3. The van der Waals surface area contributed by atoms with E-state index in [9.17, 15) is 29.1 Å². The van der Waals surface area contributed by atoms with Crippen LogP contribution in [0.2, 0.25) is 0 Å². The summed E-state index contributed by atoms with van der Waals surface area (Å²) >= 11 is 2.89. The van der Waals surface area contributed by atoms with E-state index in [4.69, 9.17) is 10.8 Å². The molecular weight excluding hydrogens is 546 g/mol. The Hall–Kier alpha value is -3.23. The average molecular weight is 582 g/mol. The van der Waals surface area contributed by atoms with Crippen molar-refractivity contribution < 1.29 is 34.2 Å². The molecule has 12 nitrogen and oxygen atoms in total. The fourth-order valence-corrected chi connectivity index (χ4v) is 4.78. The Labute approximate surface area is 234 Å². The number of carboxylic acids is 2. The summed E-state index contributed by atoms with van der Waals surface area (Å²) in [5.41, 5.74) is 7.96. The zero-order valence-electron chi connectivity index (χ0n) is 21.8. The first kappa shape index (κ1) is 32.0. The van der Waals surface area contributed by atoms with Crippen LogP contribution in [0.4, 0.5) is 0 Å². The highest BCUT2D eigenvalue weighted by atomic mass is 32.2. The van der Waals surface area contributed by atoms with Crippen LogP contribution < -0.4 is 21.7 Å². The molecule has 0 aliphatic carbocycles. The Morgan fingerprint density at radius 2 is 1.41 bits per heavy atom. The summed E-state index contributed by atoms with van der Waals surface area (Å²) in [5, 5.41) is 26.6. The molecule has 1 aromatic heterocycles. The van der Waals surface area contributed by atoms with Gasteiger partial charge in [-0.05, 0) is 54.9 Å². The number of fused-ring (bicyclic) bond motifs is 1. The van der Waals surface area contributed by atoms with E-state index in [0.717, 1.165) is 16.5 Å². The van der Waals surface area contributed by atoms with Crippen molar-refractivity contribution in [3.8, 4) is 0 Å². The van der Waals surface area contributed by atoms with Crippen LogP contribution in [0.5, 0.6) is 0 Å². The fraction of sp³-hybridized carbons (Fsp3) is 0.480. The van der Waals surface area contributed by atoms with Crippen LogP contribution in [0, 0.1) is 0 Å². The predicted molar refractivity (Wildman–Crippen MR) is 152 cm³/mol. The molecular formula is C25H35N5O7S2. The molecule has 4 unspecified atom stereocenters. The third-order valence-electron chi connectivity index (χ3n) is 5.93. The van der Waals surface area contributed by atoms with Gasteiger partial charge in [-0.15, -0.1) is 0 Å². The Balaban J connectivity index is 2.11. The number of H-pyrrole nitrogens is 1. The highest BCUT2D eigenvalue weighted by Crippen LogP contribution is 2.19. The summed E-state index contributed by atoms with van der Waals surface area (Å²) in [6.45, 7) is 0. The van der Waals surface area contributed by atoms with E-state index in [0.29, 0.717) is 11.5 Å². The van der Waals surface area contributed by atoms with Crippen LogP contribution in [-0.4, -0.2) is 93.0 Å². The second-order valence-corrected chi connectivity index (χ2v) is 10.8. The lowest BCUT2D eigenvalue weighted by atomic mass is 10.0. The van der Waals surface area contributed by atoms with Gasteiger partial charge in [0, 0.05) is 17.1 Å². The maximum absolute atomic E-state index is 13.2. The van der Waals surface area contributed by atoms with Crippen LogP contribution in [0.1, 0.15) is 24.8 Å². The van der Waals surface area contributed by atoms with Gasteiger partial charge in [0.15, 0.2) is 0 Å². The number of aliphatic carboxylic acids is 2.